The van der Waals surface area contributed by atoms with E-state index in [1.165, 1.54) is 5.06 Å². The fourth-order valence-electron chi connectivity index (χ4n) is 2.06. The van der Waals surface area contributed by atoms with E-state index in [1.54, 1.807) is 0 Å². The van der Waals surface area contributed by atoms with Crippen molar-refractivity contribution in [3.05, 3.63) is 71.3 Å². The van der Waals surface area contributed by atoms with Crippen LogP contribution in [0.3, 0.4) is 0 Å². The lowest BCUT2D eigenvalue weighted by molar-refractivity contribution is -0.134. The number of benzene rings is 2. The van der Waals surface area contributed by atoms with Crippen molar-refractivity contribution in [2.45, 2.75) is 13.2 Å². The van der Waals surface area contributed by atoms with Gasteiger partial charge < -0.3 is 0 Å². The summed E-state index contributed by atoms with van der Waals surface area (Å²) in [5, 5.41) is 1.43. The van der Waals surface area contributed by atoms with Gasteiger partial charge in [0.05, 0.1) is 6.54 Å². The van der Waals surface area contributed by atoms with Crippen molar-refractivity contribution in [2.75, 3.05) is 0 Å². The predicted molar refractivity (Wildman–Crippen MR) is 67.5 cm³/mol. The first-order valence-corrected chi connectivity index (χ1v) is 5.91. The number of amides is 1. The van der Waals surface area contributed by atoms with E-state index in [0.717, 1.165) is 16.7 Å². The van der Waals surface area contributed by atoms with Crippen LogP contribution in [0.5, 0.6) is 0 Å². The molecule has 0 aliphatic carbocycles. The number of nitrogens with zero attached hydrogens (tertiary/aromatic N) is 1. The maximum Gasteiger partial charge on any atom is 0.278 e. The van der Waals surface area contributed by atoms with Gasteiger partial charge in [0.1, 0.15) is 6.61 Å². The van der Waals surface area contributed by atoms with Crippen LogP contribution in [0.2, 0.25) is 0 Å². The van der Waals surface area contributed by atoms with Gasteiger partial charge >= 0.3 is 0 Å². The number of hydrogen-bond donors (Lipinski definition) is 0. The van der Waals surface area contributed by atoms with Gasteiger partial charge in [-0.2, -0.15) is 0 Å². The zero-order valence-corrected chi connectivity index (χ0v) is 9.87. The van der Waals surface area contributed by atoms with E-state index in [9.17, 15) is 4.79 Å². The maximum absolute atomic E-state index is 12.0. The second-order valence-electron chi connectivity index (χ2n) is 4.26. The molecule has 0 saturated carbocycles. The van der Waals surface area contributed by atoms with Crippen molar-refractivity contribution in [2.24, 2.45) is 0 Å². The number of rotatable bonds is 3. The molecular weight excluding hydrogens is 226 g/mol. The van der Waals surface area contributed by atoms with E-state index < -0.39 is 0 Å². The highest BCUT2D eigenvalue weighted by Crippen LogP contribution is 2.22. The van der Waals surface area contributed by atoms with Crippen molar-refractivity contribution < 1.29 is 9.63 Å². The SMILES string of the molecule is O=C1c2ccccc2CN1OCc1ccccc1. The molecule has 0 spiro atoms. The summed E-state index contributed by atoms with van der Waals surface area (Å²) >= 11 is 0. The summed E-state index contributed by atoms with van der Waals surface area (Å²) in [6, 6.07) is 17.4. The molecule has 1 amide bonds. The molecule has 3 rings (SSSR count). The van der Waals surface area contributed by atoms with Crippen LogP contribution < -0.4 is 0 Å². The van der Waals surface area contributed by atoms with Crippen LogP contribution in [-0.4, -0.2) is 11.0 Å². The summed E-state index contributed by atoms with van der Waals surface area (Å²) < 4.78 is 0. The highest BCUT2D eigenvalue weighted by molar-refractivity contribution is 5.97. The van der Waals surface area contributed by atoms with Gasteiger partial charge in [0.2, 0.25) is 0 Å². The van der Waals surface area contributed by atoms with Crippen molar-refractivity contribution in [1.29, 1.82) is 0 Å². The molecule has 0 fully saturated rings. The van der Waals surface area contributed by atoms with Crippen molar-refractivity contribution in [3.8, 4) is 0 Å². The molecule has 90 valence electrons. The minimum atomic E-state index is -0.0541. The fraction of sp³-hybridized carbons (Fsp3) is 0.133. The number of carbonyl (C=O) groups is 1. The zero-order chi connectivity index (χ0) is 12.4. The van der Waals surface area contributed by atoms with Gasteiger partial charge in [0, 0.05) is 5.56 Å². The van der Waals surface area contributed by atoms with Crippen molar-refractivity contribution in [1.82, 2.24) is 5.06 Å². The number of hydroxylamine groups is 2. The largest absolute Gasteiger partial charge is 0.278 e. The molecule has 1 heterocycles. The molecule has 0 radical (unpaired) electrons. The van der Waals surface area contributed by atoms with Gasteiger partial charge in [0.25, 0.3) is 5.91 Å². The van der Waals surface area contributed by atoms with E-state index in [2.05, 4.69) is 0 Å². The summed E-state index contributed by atoms with van der Waals surface area (Å²) in [6.07, 6.45) is 0. The summed E-state index contributed by atoms with van der Waals surface area (Å²) in [7, 11) is 0. The van der Waals surface area contributed by atoms with Crippen LogP contribution in [-0.2, 0) is 18.0 Å². The molecule has 18 heavy (non-hydrogen) atoms. The second-order valence-corrected chi connectivity index (χ2v) is 4.26. The van der Waals surface area contributed by atoms with Gasteiger partial charge in [-0.15, -0.1) is 0 Å². The van der Waals surface area contributed by atoms with Gasteiger partial charge in [-0.1, -0.05) is 48.5 Å². The molecule has 3 nitrogen and oxygen atoms in total. The van der Waals surface area contributed by atoms with Crippen LogP contribution in [0.25, 0.3) is 0 Å². The number of carbonyl (C=O) groups excluding carboxylic acids is 1. The minimum absolute atomic E-state index is 0.0541. The molecule has 2 aromatic carbocycles. The molecule has 0 bridgehead atoms. The van der Waals surface area contributed by atoms with Crippen molar-refractivity contribution >= 4 is 5.91 Å². The van der Waals surface area contributed by atoms with Crippen molar-refractivity contribution in [3.63, 3.8) is 0 Å². The Balaban J connectivity index is 1.68. The van der Waals surface area contributed by atoms with Crippen LogP contribution in [0.1, 0.15) is 21.5 Å². The maximum atomic E-state index is 12.0. The standard InChI is InChI=1S/C15H13NO2/c17-15-14-9-5-4-8-13(14)10-16(15)18-11-12-6-2-1-3-7-12/h1-9H,10-11H2. The first kappa shape index (κ1) is 11.0. The molecule has 0 aromatic heterocycles. The topological polar surface area (TPSA) is 29.5 Å². The summed E-state index contributed by atoms with van der Waals surface area (Å²) in [6.45, 7) is 0.947. The summed E-state index contributed by atoms with van der Waals surface area (Å²) in [5.74, 6) is -0.0541. The lowest BCUT2D eigenvalue weighted by Gasteiger charge is -2.15. The Morgan fingerprint density at radius 1 is 1.00 bits per heavy atom. The molecule has 0 N–H and O–H groups in total. The Morgan fingerprint density at radius 2 is 1.72 bits per heavy atom. The lowest BCUT2D eigenvalue weighted by atomic mass is 10.1. The van der Waals surface area contributed by atoms with E-state index >= 15 is 0 Å². The fourth-order valence-corrected chi connectivity index (χ4v) is 2.06. The Labute approximate surface area is 106 Å². The normalized spacial score (nSPS) is 13.8. The molecule has 1 aliphatic rings. The second kappa shape index (κ2) is 4.63. The summed E-state index contributed by atoms with van der Waals surface area (Å²) in [5.41, 5.74) is 2.82. The van der Waals surface area contributed by atoms with E-state index in [0.29, 0.717) is 13.2 Å². The van der Waals surface area contributed by atoms with E-state index in [1.807, 2.05) is 54.6 Å². The smallest absolute Gasteiger partial charge is 0.267 e. The quantitative estimate of drug-likeness (QED) is 0.824. The monoisotopic (exact) mass is 239 g/mol. The van der Waals surface area contributed by atoms with Crippen LogP contribution in [0, 0.1) is 0 Å². The third kappa shape index (κ3) is 2.00. The van der Waals surface area contributed by atoms with Gasteiger partial charge in [-0.25, -0.2) is 5.06 Å². The predicted octanol–water partition coefficient (Wildman–Crippen LogP) is 2.77. The van der Waals surface area contributed by atoms with E-state index in [-0.39, 0.29) is 5.91 Å². The van der Waals surface area contributed by atoms with Crippen LogP contribution in [0.15, 0.2) is 54.6 Å². The lowest BCUT2D eigenvalue weighted by Crippen LogP contribution is -2.23. The Morgan fingerprint density at radius 3 is 2.50 bits per heavy atom. The third-order valence-corrected chi connectivity index (χ3v) is 3.02. The molecule has 0 unspecified atom stereocenters. The van der Waals surface area contributed by atoms with Gasteiger partial charge in [-0.05, 0) is 17.2 Å². The number of fused-ring (bicyclic) bond motifs is 1. The Hall–Kier alpha value is -2.13. The average molecular weight is 239 g/mol. The van der Waals surface area contributed by atoms with Gasteiger partial charge in [-0.3, -0.25) is 9.63 Å². The highest BCUT2D eigenvalue weighted by Gasteiger charge is 2.27. The molecule has 0 saturated heterocycles. The minimum Gasteiger partial charge on any atom is -0.267 e. The Bertz CT molecular complexity index is 566. The molecule has 0 atom stereocenters. The summed E-state index contributed by atoms with van der Waals surface area (Å²) in [4.78, 5) is 17.6. The average Bonchev–Trinajstić information content (AvgIpc) is 2.75. The highest BCUT2D eigenvalue weighted by atomic mass is 16.7. The molecule has 3 heteroatoms. The first-order chi connectivity index (χ1) is 8.84. The van der Waals surface area contributed by atoms with E-state index in [4.69, 9.17) is 4.84 Å². The molecule has 1 aliphatic heterocycles. The Kier molecular flexibility index (Phi) is 2.82. The van der Waals surface area contributed by atoms with Crippen LogP contribution in [0.4, 0.5) is 0 Å². The zero-order valence-electron chi connectivity index (χ0n) is 9.87. The first-order valence-electron chi connectivity index (χ1n) is 5.91. The third-order valence-electron chi connectivity index (χ3n) is 3.02. The van der Waals surface area contributed by atoms with Gasteiger partial charge in [0.15, 0.2) is 0 Å². The van der Waals surface area contributed by atoms with Crippen LogP contribution >= 0.6 is 0 Å². The number of hydrogen-bond acceptors (Lipinski definition) is 2. The molecule has 2 aromatic rings. The molecular formula is C15H13NO2.